The number of halogens is 1. The van der Waals surface area contributed by atoms with E-state index in [1.54, 1.807) is 0 Å². The van der Waals surface area contributed by atoms with Crippen LogP contribution in [0.15, 0.2) is 21.0 Å². The summed E-state index contributed by atoms with van der Waals surface area (Å²) >= 11 is 3.48. The minimum Gasteiger partial charge on any atom is -0.457 e. The minimum atomic E-state index is 0.578. The number of nitrogens with zero attached hydrogens (tertiary/aromatic N) is 2. The van der Waals surface area contributed by atoms with Gasteiger partial charge < -0.3 is 9.73 Å². The van der Waals surface area contributed by atoms with Crippen molar-refractivity contribution in [2.75, 3.05) is 12.4 Å². The molecule has 1 N–H and O–H groups in total. The molecule has 0 amide bonds. The summed E-state index contributed by atoms with van der Waals surface area (Å²) in [5.74, 6) is 4.51. The van der Waals surface area contributed by atoms with Crippen LogP contribution < -0.4 is 5.32 Å². The van der Waals surface area contributed by atoms with E-state index in [2.05, 4.69) is 38.1 Å². The highest BCUT2D eigenvalue weighted by Crippen LogP contribution is 2.47. The molecule has 2 heterocycles. The largest absolute Gasteiger partial charge is 0.457 e. The van der Waals surface area contributed by atoms with Gasteiger partial charge in [-0.3, -0.25) is 0 Å². The second-order valence-corrected chi connectivity index (χ2v) is 5.86. The van der Waals surface area contributed by atoms with Gasteiger partial charge in [0.2, 0.25) is 0 Å². The Morgan fingerprint density at radius 3 is 2.74 bits per heavy atom. The van der Waals surface area contributed by atoms with Gasteiger partial charge in [-0.1, -0.05) is 6.92 Å². The van der Waals surface area contributed by atoms with Gasteiger partial charge in [0.25, 0.3) is 0 Å². The normalized spacial score (nSPS) is 21.5. The molecule has 0 saturated heterocycles. The molecule has 0 bridgehead atoms. The fourth-order valence-electron chi connectivity index (χ4n) is 2.23. The Morgan fingerprint density at radius 2 is 2.11 bits per heavy atom. The van der Waals surface area contributed by atoms with Gasteiger partial charge in [-0.15, -0.1) is 0 Å². The first-order valence-corrected chi connectivity index (χ1v) is 7.21. The van der Waals surface area contributed by atoms with E-state index in [4.69, 9.17) is 4.42 Å². The molecule has 0 spiro atoms. The number of aromatic nitrogens is 2. The maximum absolute atomic E-state index is 5.89. The number of rotatable bonds is 3. The second-order valence-electron chi connectivity index (χ2n) is 5.07. The van der Waals surface area contributed by atoms with Gasteiger partial charge in [0, 0.05) is 13.0 Å². The van der Waals surface area contributed by atoms with Crippen molar-refractivity contribution in [3.05, 3.63) is 28.1 Å². The molecule has 0 radical (unpaired) electrons. The van der Waals surface area contributed by atoms with Crippen LogP contribution in [0.3, 0.4) is 0 Å². The number of hydrogen-bond acceptors (Lipinski definition) is 4. The van der Waals surface area contributed by atoms with E-state index in [-0.39, 0.29) is 0 Å². The van der Waals surface area contributed by atoms with Gasteiger partial charge in [-0.25, -0.2) is 9.97 Å². The minimum absolute atomic E-state index is 0.578. The molecule has 1 aliphatic rings. The van der Waals surface area contributed by atoms with E-state index < -0.39 is 0 Å². The molecule has 1 saturated carbocycles. The molecule has 4 nitrogen and oxygen atoms in total. The summed E-state index contributed by atoms with van der Waals surface area (Å²) in [6, 6.07) is 4.01. The summed E-state index contributed by atoms with van der Waals surface area (Å²) in [5.41, 5.74) is 0.895. The van der Waals surface area contributed by atoms with E-state index in [0.29, 0.717) is 11.7 Å². The van der Waals surface area contributed by atoms with E-state index in [0.717, 1.165) is 33.4 Å². The highest BCUT2D eigenvalue weighted by molar-refractivity contribution is 9.10. The maximum Gasteiger partial charge on any atom is 0.197 e. The van der Waals surface area contributed by atoms with Crippen LogP contribution in [0.2, 0.25) is 0 Å². The van der Waals surface area contributed by atoms with Crippen molar-refractivity contribution in [1.29, 1.82) is 0 Å². The average Bonchev–Trinajstić information content (AvgIpc) is 2.93. The number of furan rings is 1. The number of anilines is 1. The van der Waals surface area contributed by atoms with Crippen LogP contribution in [-0.4, -0.2) is 17.0 Å². The molecule has 1 fully saturated rings. The van der Waals surface area contributed by atoms with E-state index in [1.807, 2.05) is 26.1 Å². The van der Waals surface area contributed by atoms with Crippen LogP contribution in [0.1, 0.15) is 30.7 Å². The summed E-state index contributed by atoms with van der Waals surface area (Å²) in [6.45, 7) is 4.19. The molecule has 2 aromatic heterocycles. The topological polar surface area (TPSA) is 51.0 Å². The summed E-state index contributed by atoms with van der Waals surface area (Å²) in [4.78, 5) is 8.94. The standard InChI is InChI=1S/C14H16BrN3O/c1-7-6-9(7)10-4-5-11(19-10)13-17-8(2)12(15)14(16-3)18-13/h4-5,7,9H,6H2,1-3H3,(H,16,17,18). The molecule has 2 aromatic rings. The predicted octanol–water partition coefficient (Wildman–Crippen LogP) is 3.97. The first kappa shape index (κ1) is 12.7. The van der Waals surface area contributed by atoms with Crippen LogP contribution in [0.4, 0.5) is 5.82 Å². The Bertz CT molecular complexity index is 623. The fraction of sp³-hybridized carbons (Fsp3) is 0.429. The molecule has 2 unspecified atom stereocenters. The Kier molecular flexibility index (Phi) is 3.09. The molecule has 5 heteroatoms. The second kappa shape index (κ2) is 4.63. The maximum atomic E-state index is 5.89. The van der Waals surface area contributed by atoms with E-state index in [9.17, 15) is 0 Å². The van der Waals surface area contributed by atoms with Gasteiger partial charge in [-0.05, 0) is 47.3 Å². The van der Waals surface area contributed by atoms with Crippen molar-refractivity contribution in [3.8, 4) is 11.6 Å². The van der Waals surface area contributed by atoms with Gasteiger partial charge in [0.05, 0.1) is 10.2 Å². The summed E-state index contributed by atoms with van der Waals surface area (Å²) in [6.07, 6.45) is 1.22. The Hall–Kier alpha value is -1.36. The average molecular weight is 322 g/mol. The molecule has 1 aliphatic carbocycles. The lowest BCUT2D eigenvalue weighted by atomic mass is 10.3. The monoisotopic (exact) mass is 321 g/mol. The quantitative estimate of drug-likeness (QED) is 0.929. The Balaban J connectivity index is 1.97. The van der Waals surface area contributed by atoms with Crippen LogP contribution in [0.25, 0.3) is 11.6 Å². The summed E-state index contributed by atoms with van der Waals surface area (Å²) < 4.78 is 6.78. The lowest BCUT2D eigenvalue weighted by Gasteiger charge is -2.06. The van der Waals surface area contributed by atoms with Crippen molar-refractivity contribution in [2.45, 2.75) is 26.2 Å². The SMILES string of the molecule is CNc1nc(-c2ccc(C3CC3C)o2)nc(C)c1Br. The van der Waals surface area contributed by atoms with Gasteiger partial charge in [0.15, 0.2) is 11.6 Å². The first-order chi connectivity index (χ1) is 9.10. The van der Waals surface area contributed by atoms with Gasteiger partial charge in [-0.2, -0.15) is 0 Å². The fourth-order valence-corrected chi connectivity index (χ4v) is 2.60. The van der Waals surface area contributed by atoms with E-state index in [1.165, 1.54) is 6.42 Å². The third kappa shape index (κ3) is 2.27. The number of nitrogens with one attached hydrogen (secondary N) is 1. The van der Waals surface area contributed by atoms with Crippen LogP contribution in [0.5, 0.6) is 0 Å². The first-order valence-electron chi connectivity index (χ1n) is 6.42. The summed E-state index contributed by atoms with van der Waals surface area (Å²) in [5, 5.41) is 3.06. The smallest absolute Gasteiger partial charge is 0.197 e. The third-order valence-corrected chi connectivity index (χ3v) is 4.53. The molecule has 100 valence electrons. The molecular weight excluding hydrogens is 306 g/mol. The van der Waals surface area contributed by atoms with E-state index >= 15 is 0 Å². The van der Waals surface area contributed by atoms with Crippen molar-refractivity contribution >= 4 is 21.7 Å². The zero-order valence-electron chi connectivity index (χ0n) is 11.2. The zero-order chi connectivity index (χ0) is 13.6. The predicted molar refractivity (Wildman–Crippen MR) is 78.2 cm³/mol. The molecule has 3 rings (SSSR count). The Morgan fingerprint density at radius 1 is 1.37 bits per heavy atom. The van der Waals surface area contributed by atoms with Gasteiger partial charge in [0.1, 0.15) is 11.6 Å². The highest BCUT2D eigenvalue weighted by atomic mass is 79.9. The molecule has 0 aliphatic heterocycles. The molecule has 19 heavy (non-hydrogen) atoms. The van der Waals surface area contributed by atoms with Crippen LogP contribution in [-0.2, 0) is 0 Å². The molecular formula is C14H16BrN3O. The van der Waals surface area contributed by atoms with Crippen molar-refractivity contribution < 1.29 is 4.42 Å². The molecule has 2 atom stereocenters. The highest BCUT2D eigenvalue weighted by Gasteiger charge is 2.36. The van der Waals surface area contributed by atoms with Crippen molar-refractivity contribution in [2.24, 2.45) is 5.92 Å². The van der Waals surface area contributed by atoms with Crippen LogP contribution >= 0.6 is 15.9 Å². The lowest BCUT2D eigenvalue weighted by molar-refractivity contribution is 0.515. The Labute approximate surface area is 120 Å². The lowest BCUT2D eigenvalue weighted by Crippen LogP contribution is -2.00. The number of aryl methyl sites for hydroxylation is 1. The zero-order valence-corrected chi connectivity index (χ0v) is 12.8. The van der Waals surface area contributed by atoms with Gasteiger partial charge >= 0.3 is 0 Å². The van der Waals surface area contributed by atoms with Crippen LogP contribution in [0, 0.1) is 12.8 Å². The number of hydrogen-bond donors (Lipinski definition) is 1. The molecule has 0 aromatic carbocycles. The van der Waals surface area contributed by atoms with Crippen molar-refractivity contribution in [1.82, 2.24) is 9.97 Å². The third-order valence-electron chi connectivity index (χ3n) is 3.58. The summed E-state index contributed by atoms with van der Waals surface area (Å²) in [7, 11) is 1.84. The van der Waals surface area contributed by atoms with Crippen molar-refractivity contribution in [3.63, 3.8) is 0 Å².